The first-order valence-corrected chi connectivity index (χ1v) is 5.44. The van der Waals surface area contributed by atoms with Crippen molar-refractivity contribution in [2.24, 2.45) is 0 Å². The van der Waals surface area contributed by atoms with Gasteiger partial charge in [-0.2, -0.15) is 5.10 Å². The molecule has 1 rings (SSSR count). The summed E-state index contributed by atoms with van der Waals surface area (Å²) in [5, 5.41) is 4.00. The Bertz CT molecular complexity index is 400. The van der Waals surface area contributed by atoms with Crippen LogP contribution >= 0.6 is 0 Å². The van der Waals surface area contributed by atoms with Crippen LogP contribution in [0.15, 0.2) is 12.3 Å². The number of ether oxygens (including phenoxy) is 2. The lowest BCUT2D eigenvalue weighted by Crippen LogP contribution is -2.22. The molecular weight excluding hydrogens is 224 g/mol. The molecule has 0 bridgehead atoms. The van der Waals surface area contributed by atoms with Gasteiger partial charge in [0.1, 0.15) is 6.04 Å². The van der Waals surface area contributed by atoms with Gasteiger partial charge >= 0.3 is 11.9 Å². The van der Waals surface area contributed by atoms with E-state index in [2.05, 4.69) is 9.84 Å². The number of aromatic nitrogens is 2. The number of esters is 2. The highest BCUT2D eigenvalue weighted by Gasteiger charge is 2.21. The Kier molecular flexibility index (Phi) is 4.68. The van der Waals surface area contributed by atoms with E-state index in [1.165, 1.54) is 17.9 Å². The van der Waals surface area contributed by atoms with Crippen molar-refractivity contribution < 1.29 is 19.1 Å². The molecule has 0 fully saturated rings. The lowest BCUT2D eigenvalue weighted by molar-refractivity contribution is -0.147. The molecule has 1 aromatic heterocycles. The number of hydrogen-bond donors (Lipinski definition) is 0. The molecule has 94 valence electrons. The molecule has 0 saturated heterocycles. The zero-order valence-corrected chi connectivity index (χ0v) is 10.2. The van der Waals surface area contributed by atoms with E-state index < -0.39 is 12.0 Å². The molecule has 0 unspecified atom stereocenters. The van der Waals surface area contributed by atoms with Crippen LogP contribution in [-0.4, -0.2) is 35.4 Å². The second kappa shape index (κ2) is 6.03. The van der Waals surface area contributed by atoms with Gasteiger partial charge in [-0.3, -0.25) is 4.68 Å². The third-order valence-corrected chi connectivity index (χ3v) is 2.27. The molecule has 1 heterocycles. The molecule has 0 N–H and O–H groups in total. The lowest BCUT2D eigenvalue weighted by Gasteiger charge is -2.13. The number of hydrogen-bond acceptors (Lipinski definition) is 5. The van der Waals surface area contributed by atoms with Gasteiger partial charge in [0.2, 0.25) is 0 Å². The molecule has 0 aliphatic heterocycles. The zero-order valence-electron chi connectivity index (χ0n) is 10.2. The maximum atomic E-state index is 11.6. The molecule has 17 heavy (non-hydrogen) atoms. The highest BCUT2D eigenvalue weighted by Crippen LogP contribution is 2.13. The lowest BCUT2D eigenvalue weighted by atomic mass is 10.2. The standard InChI is InChI=1S/C11H16N2O4/c1-4-9(11(15)17-5-2)13-7-6-8(12-13)10(14)16-3/h6-7,9H,4-5H2,1-3H3/t9-/m0/s1. The summed E-state index contributed by atoms with van der Waals surface area (Å²) in [6.45, 7) is 3.91. The Hall–Kier alpha value is -1.85. The van der Waals surface area contributed by atoms with E-state index in [0.29, 0.717) is 13.0 Å². The fourth-order valence-corrected chi connectivity index (χ4v) is 1.43. The predicted molar refractivity (Wildman–Crippen MR) is 59.5 cm³/mol. The largest absolute Gasteiger partial charge is 0.464 e. The van der Waals surface area contributed by atoms with Crippen LogP contribution in [0.5, 0.6) is 0 Å². The van der Waals surface area contributed by atoms with Gasteiger partial charge in [-0.15, -0.1) is 0 Å². The van der Waals surface area contributed by atoms with Crippen LogP contribution in [0.1, 0.15) is 36.8 Å². The summed E-state index contributed by atoms with van der Waals surface area (Å²) in [4.78, 5) is 22.8. The maximum Gasteiger partial charge on any atom is 0.358 e. The first kappa shape index (κ1) is 13.2. The molecule has 1 atom stereocenters. The van der Waals surface area contributed by atoms with Crippen molar-refractivity contribution in [2.45, 2.75) is 26.3 Å². The van der Waals surface area contributed by atoms with Gasteiger partial charge in [-0.25, -0.2) is 9.59 Å². The zero-order chi connectivity index (χ0) is 12.8. The predicted octanol–water partition coefficient (Wildman–Crippen LogP) is 1.18. The molecule has 0 aliphatic rings. The third kappa shape index (κ3) is 3.05. The second-order valence-corrected chi connectivity index (χ2v) is 3.35. The molecular formula is C11H16N2O4. The minimum Gasteiger partial charge on any atom is -0.464 e. The number of nitrogens with zero attached hydrogens (tertiary/aromatic N) is 2. The number of carbonyl (C=O) groups is 2. The smallest absolute Gasteiger partial charge is 0.358 e. The minimum atomic E-state index is -0.525. The fourth-order valence-electron chi connectivity index (χ4n) is 1.43. The summed E-state index contributed by atoms with van der Waals surface area (Å²) < 4.78 is 10.9. The van der Waals surface area contributed by atoms with Gasteiger partial charge in [-0.05, 0) is 19.4 Å². The number of methoxy groups -OCH3 is 1. The molecule has 0 saturated carbocycles. The Morgan fingerprint density at radius 3 is 2.71 bits per heavy atom. The minimum absolute atomic E-state index is 0.176. The molecule has 0 amide bonds. The van der Waals surface area contributed by atoms with Gasteiger partial charge in [0.25, 0.3) is 0 Å². The molecule has 6 nitrogen and oxygen atoms in total. The third-order valence-electron chi connectivity index (χ3n) is 2.27. The summed E-state index contributed by atoms with van der Waals surface area (Å²) in [6.07, 6.45) is 2.11. The van der Waals surface area contributed by atoms with Crippen molar-refractivity contribution in [3.63, 3.8) is 0 Å². The van der Waals surface area contributed by atoms with Crippen molar-refractivity contribution in [3.8, 4) is 0 Å². The molecule has 0 aliphatic carbocycles. The van der Waals surface area contributed by atoms with E-state index in [-0.39, 0.29) is 11.7 Å². The normalized spacial score (nSPS) is 11.9. The van der Waals surface area contributed by atoms with E-state index in [1.807, 2.05) is 6.92 Å². The highest BCUT2D eigenvalue weighted by atomic mass is 16.5. The van der Waals surface area contributed by atoms with Crippen molar-refractivity contribution >= 4 is 11.9 Å². The first-order valence-electron chi connectivity index (χ1n) is 5.44. The summed E-state index contributed by atoms with van der Waals surface area (Å²) in [5.41, 5.74) is 0.176. The van der Waals surface area contributed by atoms with E-state index >= 15 is 0 Å². The highest BCUT2D eigenvalue weighted by molar-refractivity contribution is 5.87. The Morgan fingerprint density at radius 1 is 1.47 bits per heavy atom. The van der Waals surface area contributed by atoms with Crippen LogP contribution in [-0.2, 0) is 14.3 Å². The van der Waals surface area contributed by atoms with Gasteiger partial charge < -0.3 is 9.47 Å². The van der Waals surface area contributed by atoms with Crippen LogP contribution in [0.3, 0.4) is 0 Å². The molecule has 0 aromatic carbocycles. The van der Waals surface area contributed by atoms with Crippen molar-refractivity contribution in [1.29, 1.82) is 0 Å². The van der Waals surface area contributed by atoms with E-state index in [4.69, 9.17) is 4.74 Å². The molecule has 1 aromatic rings. The van der Waals surface area contributed by atoms with Gasteiger partial charge in [0.05, 0.1) is 13.7 Å². The Balaban J connectivity index is 2.86. The van der Waals surface area contributed by atoms with Gasteiger partial charge in [0.15, 0.2) is 5.69 Å². The van der Waals surface area contributed by atoms with E-state index in [9.17, 15) is 9.59 Å². The second-order valence-electron chi connectivity index (χ2n) is 3.35. The number of carbonyl (C=O) groups excluding carboxylic acids is 2. The Labute approximate surface area is 99.5 Å². The van der Waals surface area contributed by atoms with Crippen LogP contribution in [0.2, 0.25) is 0 Å². The molecule has 0 spiro atoms. The van der Waals surface area contributed by atoms with Crippen LogP contribution in [0, 0.1) is 0 Å². The Morgan fingerprint density at radius 2 is 2.18 bits per heavy atom. The van der Waals surface area contributed by atoms with Crippen molar-refractivity contribution in [3.05, 3.63) is 18.0 Å². The van der Waals surface area contributed by atoms with Crippen molar-refractivity contribution in [1.82, 2.24) is 9.78 Å². The summed E-state index contributed by atoms with van der Waals surface area (Å²) in [7, 11) is 1.28. The van der Waals surface area contributed by atoms with Crippen molar-refractivity contribution in [2.75, 3.05) is 13.7 Å². The van der Waals surface area contributed by atoms with Crippen LogP contribution in [0.25, 0.3) is 0 Å². The van der Waals surface area contributed by atoms with Gasteiger partial charge in [-0.1, -0.05) is 6.92 Å². The summed E-state index contributed by atoms with van der Waals surface area (Å²) >= 11 is 0. The van der Waals surface area contributed by atoms with Crippen LogP contribution < -0.4 is 0 Å². The monoisotopic (exact) mass is 240 g/mol. The molecule has 0 radical (unpaired) electrons. The molecule has 6 heteroatoms. The van der Waals surface area contributed by atoms with E-state index in [0.717, 1.165) is 0 Å². The average molecular weight is 240 g/mol. The summed E-state index contributed by atoms with van der Waals surface area (Å²) in [5.74, 6) is -0.878. The summed E-state index contributed by atoms with van der Waals surface area (Å²) in [6, 6.07) is 1.00. The van der Waals surface area contributed by atoms with E-state index in [1.54, 1.807) is 13.1 Å². The topological polar surface area (TPSA) is 70.4 Å². The number of rotatable bonds is 5. The van der Waals surface area contributed by atoms with Crippen LogP contribution in [0.4, 0.5) is 0 Å². The van der Waals surface area contributed by atoms with Gasteiger partial charge in [0, 0.05) is 6.20 Å². The SMILES string of the molecule is CCOC(=O)[C@H](CC)n1ccc(C(=O)OC)n1. The fraction of sp³-hybridized carbons (Fsp3) is 0.545. The maximum absolute atomic E-state index is 11.6. The average Bonchev–Trinajstić information content (AvgIpc) is 2.79. The first-order chi connectivity index (χ1) is 8.13. The quantitative estimate of drug-likeness (QED) is 0.723.